The minimum atomic E-state index is -0.905. The second-order valence-corrected chi connectivity index (χ2v) is 5.16. The fraction of sp³-hybridized carbons (Fsp3) is 0.400. The molecule has 2 aromatic rings. The van der Waals surface area contributed by atoms with Gasteiger partial charge in [0, 0.05) is 24.5 Å². The van der Waals surface area contributed by atoms with Crippen LogP contribution in [-0.2, 0) is 0 Å². The van der Waals surface area contributed by atoms with Gasteiger partial charge in [0.05, 0.1) is 11.7 Å². The summed E-state index contributed by atoms with van der Waals surface area (Å²) in [7, 11) is 0. The molecule has 0 amide bonds. The van der Waals surface area contributed by atoms with Crippen LogP contribution in [0.4, 0.5) is 0 Å². The van der Waals surface area contributed by atoms with Crippen molar-refractivity contribution in [3.63, 3.8) is 0 Å². The highest BCUT2D eigenvalue weighted by Crippen LogP contribution is 2.25. The fourth-order valence-electron chi connectivity index (χ4n) is 2.13. The third-order valence-corrected chi connectivity index (χ3v) is 3.09. The molecule has 2 atom stereocenters. The lowest BCUT2D eigenvalue weighted by Gasteiger charge is -2.25. The first-order valence-electron chi connectivity index (χ1n) is 6.45. The number of benzene rings is 1. The van der Waals surface area contributed by atoms with Crippen molar-refractivity contribution >= 4 is 10.9 Å². The lowest BCUT2D eigenvalue weighted by atomic mass is 9.99. The molecule has 1 heterocycles. The molecule has 0 aliphatic rings. The molecule has 0 radical (unpaired) electrons. The summed E-state index contributed by atoms with van der Waals surface area (Å²) >= 11 is 0. The van der Waals surface area contributed by atoms with Crippen molar-refractivity contribution in [2.75, 3.05) is 6.54 Å². The Balaban J connectivity index is 2.17. The average molecular weight is 260 g/mol. The Morgan fingerprint density at radius 1 is 1.37 bits per heavy atom. The lowest BCUT2D eigenvalue weighted by molar-refractivity contribution is 0.0240. The van der Waals surface area contributed by atoms with Crippen LogP contribution in [0.5, 0.6) is 5.75 Å². The van der Waals surface area contributed by atoms with Crippen LogP contribution in [-0.4, -0.2) is 28.3 Å². The predicted molar refractivity (Wildman–Crippen MR) is 76.1 cm³/mol. The van der Waals surface area contributed by atoms with Gasteiger partial charge < -0.3 is 15.6 Å². The number of ether oxygens (including phenoxy) is 1. The van der Waals surface area contributed by atoms with E-state index in [0.717, 1.165) is 16.7 Å². The monoisotopic (exact) mass is 260 g/mol. The van der Waals surface area contributed by atoms with Crippen molar-refractivity contribution < 1.29 is 9.84 Å². The summed E-state index contributed by atoms with van der Waals surface area (Å²) in [5.74, 6) is 0.735. The second-order valence-electron chi connectivity index (χ2n) is 5.16. The number of nitrogens with two attached hydrogens (primary N) is 1. The van der Waals surface area contributed by atoms with Crippen LogP contribution in [0.1, 0.15) is 20.3 Å². The van der Waals surface area contributed by atoms with Crippen LogP contribution in [0.2, 0.25) is 0 Å². The summed E-state index contributed by atoms with van der Waals surface area (Å²) in [5.41, 5.74) is 5.45. The second kappa shape index (κ2) is 5.55. The topological polar surface area (TPSA) is 68.4 Å². The number of fused-ring (bicyclic) bond motifs is 1. The number of hydrogen-bond donors (Lipinski definition) is 2. The van der Waals surface area contributed by atoms with Crippen LogP contribution in [0.15, 0.2) is 36.5 Å². The quantitative estimate of drug-likeness (QED) is 0.864. The van der Waals surface area contributed by atoms with Gasteiger partial charge in [0.2, 0.25) is 0 Å². The Morgan fingerprint density at radius 3 is 2.84 bits per heavy atom. The minimum Gasteiger partial charge on any atom is -0.488 e. The molecule has 0 aliphatic heterocycles. The molecule has 3 N–H and O–H groups in total. The maximum Gasteiger partial charge on any atom is 0.145 e. The summed E-state index contributed by atoms with van der Waals surface area (Å²) in [4.78, 5) is 4.34. The minimum absolute atomic E-state index is 0.133. The van der Waals surface area contributed by atoms with Crippen LogP contribution < -0.4 is 10.5 Å². The highest BCUT2D eigenvalue weighted by molar-refractivity contribution is 5.84. The molecule has 0 aliphatic carbocycles. The fourth-order valence-corrected chi connectivity index (χ4v) is 2.13. The number of pyridine rings is 1. The van der Waals surface area contributed by atoms with Crippen molar-refractivity contribution in [1.82, 2.24) is 4.98 Å². The number of hydrogen-bond acceptors (Lipinski definition) is 4. The van der Waals surface area contributed by atoms with E-state index in [1.54, 1.807) is 13.1 Å². The molecule has 4 nitrogen and oxygen atoms in total. The molecule has 0 spiro atoms. The van der Waals surface area contributed by atoms with Crippen molar-refractivity contribution in [1.29, 1.82) is 0 Å². The van der Waals surface area contributed by atoms with Crippen molar-refractivity contribution in [2.45, 2.75) is 32.0 Å². The first kappa shape index (κ1) is 13.8. The van der Waals surface area contributed by atoms with Gasteiger partial charge in [-0.2, -0.15) is 0 Å². The molecule has 0 fully saturated rings. The van der Waals surface area contributed by atoms with Gasteiger partial charge in [-0.25, -0.2) is 0 Å². The third-order valence-electron chi connectivity index (χ3n) is 3.09. The number of nitrogens with zero attached hydrogens (tertiary/aromatic N) is 1. The van der Waals surface area contributed by atoms with E-state index >= 15 is 0 Å². The summed E-state index contributed by atoms with van der Waals surface area (Å²) in [5, 5.41) is 11.0. The van der Waals surface area contributed by atoms with E-state index in [0.29, 0.717) is 6.42 Å². The van der Waals surface area contributed by atoms with E-state index in [1.165, 1.54) is 0 Å². The summed E-state index contributed by atoms with van der Waals surface area (Å²) in [6, 6.07) is 9.72. The Labute approximate surface area is 113 Å². The Morgan fingerprint density at radius 2 is 2.11 bits per heavy atom. The van der Waals surface area contributed by atoms with E-state index < -0.39 is 5.60 Å². The third kappa shape index (κ3) is 3.43. The molecule has 2 rings (SSSR count). The largest absolute Gasteiger partial charge is 0.488 e. The van der Waals surface area contributed by atoms with E-state index in [1.807, 2.05) is 37.3 Å². The average Bonchev–Trinajstić information content (AvgIpc) is 2.38. The zero-order valence-electron chi connectivity index (χ0n) is 11.3. The SMILES string of the molecule is CC(CC(C)(O)CN)Oc1cccc2cccnc12. The van der Waals surface area contributed by atoms with Crippen LogP contribution in [0.25, 0.3) is 10.9 Å². The number of aromatic nitrogens is 1. The van der Waals surface area contributed by atoms with E-state index in [-0.39, 0.29) is 12.6 Å². The molecule has 0 saturated heterocycles. The zero-order chi connectivity index (χ0) is 13.9. The first-order chi connectivity index (χ1) is 9.02. The smallest absolute Gasteiger partial charge is 0.145 e. The molecule has 2 unspecified atom stereocenters. The van der Waals surface area contributed by atoms with Gasteiger partial charge in [-0.05, 0) is 26.0 Å². The molecular weight excluding hydrogens is 240 g/mol. The van der Waals surface area contributed by atoms with Gasteiger partial charge in [0.15, 0.2) is 0 Å². The van der Waals surface area contributed by atoms with Crippen LogP contribution in [0, 0.1) is 0 Å². The number of rotatable bonds is 5. The number of aliphatic hydroxyl groups is 1. The van der Waals surface area contributed by atoms with Gasteiger partial charge in [-0.3, -0.25) is 4.98 Å². The van der Waals surface area contributed by atoms with Crippen molar-refractivity contribution in [2.24, 2.45) is 5.73 Å². The predicted octanol–water partition coefficient (Wildman–Crippen LogP) is 2.10. The van der Waals surface area contributed by atoms with Crippen molar-refractivity contribution in [3.8, 4) is 5.75 Å². The molecule has 4 heteroatoms. The zero-order valence-corrected chi connectivity index (χ0v) is 11.3. The molecule has 0 saturated carbocycles. The van der Waals surface area contributed by atoms with Gasteiger partial charge in [0.1, 0.15) is 11.3 Å². The molecule has 0 bridgehead atoms. The maximum atomic E-state index is 9.96. The van der Waals surface area contributed by atoms with E-state index in [2.05, 4.69) is 4.98 Å². The summed E-state index contributed by atoms with van der Waals surface area (Å²) < 4.78 is 5.89. The normalized spacial score (nSPS) is 16.0. The summed E-state index contributed by atoms with van der Waals surface area (Å²) in [6.07, 6.45) is 2.09. The highest BCUT2D eigenvalue weighted by atomic mass is 16.5. The molecule has 19 heavy (non-hydrogen) atoms. The Hall–Kier alpha value is -1.65. The van der Waals surface area contributed by atoms with Gasteiger partial charge >= 0.3 is 0 Å². The summed E-state index contributed by atoms with van der Waals surface area (Å²) in [6.45, 7) is 3.86. The molecular formula is C15H20N2O2. The Bertz CT molecular complexity index is 549. The maximum absolute atomic E-state index is 9.96. The first-order valence-corrected chi connectivity index (χ1v) is 6.45. The highest BCUT2D eigenvalue weighted by Gasteiger charge is 2.22. The van der Waals surface area contributed by atoms with Crippen LogP contribution >= 0.6 is 0 Å². The standard InChI is InChI=1S/C15H20N2O2/c1-11(9-15(2,18)10-16)19-13-7-3-5-12-6-4-8-17-14(12)13/h3-8,11,18H,9-10,16H2,1-2H3. The Kier molecular flexibility index (Phi) is 4.02. The van der Waals surface area contributed by atoms with Crippen LogP contribution in [0.3, 0.4) is 0 Å². The lowest BCUT2D eigenvalue weighted by Crippen LogP contribution is -2.38. The van der Waals surface area contributed by atoms with Gasteiger partial charge in [-0.15, -0.1) is 0 Å². The molecule has 1 aromatic heterocycles. The van der Waals surface area contributed by atoms with Gasteiger partial charge in [-0.1, -0.05) is 18.2 Å². The van der Waals surface area contributed by atoms with Crippen molar-refractivity contribution in [3.05, 3.63) is 36.5 Å². The molecule has 1 aromatic carbocycles. The van der Waals surface area contributed by atoms with E-state index in [9.17, 15) is 5.11 Å². The molecule has 102 valence electrons. The number of para-hydroxylation sites is 1. The van der Waals surface area contributed by atoms with E-state index in [4.69, 9.17) is 10.5 Å². The van der Waals surface area contributed by atoms with Gasteiger partial charge in [0.25, 0.3) is 0 Å².